The van der Waals surface area contributed by atoms with Crippen LogP contribution in [0.2, 0.25) is 0 Å². The molecule has 1 aliphatic heterocycles. The van der Waals surface area contributed by atoms with Gasteiger partial charge in [-0.15, -0.1) is 0 Å². The van der Waals surface area contributed by atoms with Gasteiger partial charge in [-0.2, -0.15) is 0 Å². The van der Waals surface area contributed by atoms with Crippen LogP contribution in [0.15, 0.2) is 118 Å². The van der Waals surface area contributed by atoms with Crippen molar-refractivity contribution in [2.75, 3.05) is 18.1 Å². The zero-order valence-electron chi connectivity index (χ0n) is 25.8. The first kappa shape index (κ1) is 32.2. The molecule has 0 fully saturated rings. The first-order valence-electron chi connectivity index (χ1n) is 15.4. The van der Waals surface area contributed by atoms with Crippen molar-refractivity contribution >= 4 is 44.3 Å². The molecule has 2 atom stereocenters. The molecule has 0 saturated heterocycles. The van der Waals surface area contributed by atoms with Gasteiger partial charge >= 0.3 is 0 Å². The van der Waals surface area contributed by atoms with Crippen molar-refractivity contribution in [2.24, 2.45) is 5.92 Å². The van der Waals surface area contributed by atoms with Crippen molar-refractivity contribution in [3.63, 3.8) is 0 Å². The van der Waals surface area contributed by atoms with E-state index in [0.29, 0.717) is 28.9 Å². The number of hydrogen-bond donors (Lipinski definition) is 3. The molecular formula is C37H35BrN4O5. The molecule has 6 rings (SSSR count). The Kier molecular flexibility index (Phi) is 9.26. The van der Waals surface area contributed by atoms with Gasteiger partial charge in [0.15, 0.2) is 5.60 Å². The number of halogens is 1. The SMILES string of the molecule is C[C@@H](/C=C/CC(=O)N(CCO)Cc1ccccc1)[C@]1(O)C(=O)N(Cc2cccc(-n3[nH]c4ccccc4c3=O)c2)c2ccc(Br)cc21. The van der Waals surface area contributed by atoms with Crippen LogP contribution in [0, 0.1) is 5.92 Å². The minimum Gasteiger partial charge on any atom is -0.395 e. The molecule has 0 bridgehead atoms. The molecule has 0 unspecified atom stereocenters. The van der Waals surface area contributed by atoms with Gasteiger partial charge < -0.3 is 20.0 Å². The predicted octanol–water partition coefficient (Wildman–Crippen LogP) is 5.42. The molecule has 1 aliphatic rings. The highest BCUT2D eigenvalue weighted by molar-refractivity contribution is 9.10. The number of fused-ring (bicyclic) bond motifs is 2. The summed E-state index contributed by atoms with van der Waals surface area (Å²) in [6, 6.07) is 29.6. The van der Waals surface area contributed by atoms with E-state index in [1.165, 1.54) is 4.68 Å². The Hall–Kier alpha value is -4.77. The van der Waals surface area contributed by atoms with Gasteiger partial charge in [-0.3, -0.25) is 19.5 Å². The van der Waals surface area contributed by atoms with Crippen LogP contribution in [0.5, 0.6) is 0 Å². The molecule has 240 valence electrons. The van der Waals surface area contributed by atoms with E-state index in [9.17, 15) is 24.6 Å². The van der Waals surface area contributed by atoms with E-state index in [2.05, 4.69) is 21.0 Å². The van der Waals surface area contributed by atoms with Crippen molar-refractivity contribution in [1.29, 1.82) is 0 Å². The fourth-order valence-electron chi connectivity index (χ4n) is 6.15. The maximum atomic E-state index is 14.1. The van der Waals surface area contributed by atoms with Gasteiger partial charge in [0.05, 0.1) is 35.4 Å². The molecule has 0 aliphatic carbocycles. The van der Waals surface area contributed by atoms with Crippen LogP contribution in [0.1, 0.15) is 30.0 Å². The third kappa shape index (κ3) is 6.32. The van der Waals surface area contributed by atoms with E-state index in [0.717, 1.165) is 21.1 Å². The molecule has 47 heavy (non-hydrogen) atoms. The van der Waals surface area contributed by atoms with Gasteiger partial charge in [-0.05, 0) is 53.6 Å². The number of carbonyl (C=O) groups excluding carboxylic acids is 2. The number of rotatable bonds is 11. The molecule has 9 nitrogen and oxygen atoms in total. The Morgan fingerprint density at radius 2 is 1.72 bits per heavy atom. The Labute approximate surface area is 280 Å². The highest BCUT2D eigenvalue weighted by atomic mass is 79.9. The number of para-hydroxylation sites is 1. The highest BCUT2D eigenvalue weighted by Crippen LogP contribution is 2.46. The maximum Gasteiger partial charge on any atom is 0.279 e. The van der Waals surface area contributed by atoms with Gasteiger partial charge in [0, 0.05) is 35.5 Å². The maximum absolute atomic E-state index is 14.1. The van der Waals surface area contributed by atoms with Crippen molar-refractivity contribution in [3.05, 3.63) is 141 Å². The monoisotopic (exact) mass is 694 g/mol. The second-order valence-electron chi connectivity index (χ2n) is 11.7. The number of carbonyl (C=O) groups is 2. The van der Waals surface area contributed by atoms with Crippen LogP contribution >= 0.6 is 15.9 Å². The molecule has 2 amide bonds. The Morgan fingerprint density at radius 3 is 2.49 bits per heavy atom. The van der Waals surface area contributed by atoms with Crippen LogP contribution in [0.25, 0.3) is 16.6 Å². The number of benzene rings is 4. The Balaban J connectivity index is 1.23. The van der Waals surface area contributed by atoms with Crippen molar-refractivity contribution in [3.8, 4) is 5.69 Å². The van der Waals surface area contributed by atoms with E-state index in [1.54, 1.807) is 47.1 Å². The topological polar surface area (TPSA) is 119 Å². The minimum absolute atomic E-state index is 0.0520. The summed E-state index contributed by atoms with van der Waals surface area (Å²) in [4.78, 5) is 43.4. The molecular weight excluding hydrogens is 660 g/mol. The number of amides is 2. The first-order valence-corrected chi connectivity index (χ1v) is 16.2. The Bertz CT molecular complexity index is 2020. The standard InChI is InChI=1S/C37H35BrN4O5/c1-25(9-7-16-34(44)40(19-20-43)23-26-10-3-2-4-11-26)37(47)31-22-28(38)17-18-33(31)41(36(37)46)24-27-12-8-13-29(21-27)42-35(45)30-14-5-6-15-32(30)39-42/h2-15,17-18,21-22,25,39,43,47H,16,19-20,23-24H2,1H3/b9-7+/t25-,37+/m0/s1. The number of hydrogen-bond acceptors (Lipinski definition) is 5. The van der Waals surface area contributed by atoms with Crippen LogP contribution in [-0.2, 0) is 28.3 Å². The average molecular weight is 696 g/mol. The quantitative estimate of drug-likeness (QED) is 0.160. The van der Waals surface area contributed by atoms with Crippen molar-refractivity contribution in [2.45, 2.75) is 32.0 Å². The van der Waals surface area contributed by atoms with Crippen LogP contribution in [-0.4, -0.2) is 49.9 Å². The smallest absolute Gasteiger partial charge is 0.279 e. The van der Waals surface area contributed by atoms with Gasteiger partial charge in [0.2, 0.25) is 5.91 Å². The number of nitrogens with one attached hydrogen (secondary N) is 1. The van der Waals surface area contributed by atoms with Crippen LogP contribution in [0.3, 0.4) is 0 Å². The van der Waals surface area contributed by atoms with Crippen LogP contribution in [0.4, 0.5) is 5.69 Å². The summed E-state index contributed by atoms with van der Waals surface area (Å²) >= 11 is 3.49. The summed E-state index contributed by atoms with van der Waals surface area (Å²) in [5.41, 5.74) is 2.09. The fraction of sp³-hybridized carbons (Fsp3) is 0.216. The predicted molar refractivity (Wildman–Crippen MR) is 185 cm³/mol. The number of aromatic nitrogens is 2. The number of aliphatic hydroxyl groups is 2. The summed E-state index contributed by atoms with van der Waals surface area (Å²) < 4.78 is 2.20. The molecule has 5 aromatic rings. The van der Waals surface area contributed by atoms with E-state index in [-0.39, 0.29) is 37.6 Å². The number of aliphatic hydroxyl groups excluding tert-OH is 1. The third-order valence-corrected chi connectivity index (χ3v) is 9.14. The highest BCUT2D eigenvalue weighted by Gasteiger charge is 2.52. The lowest BCUT2D eigenvalue weighted by molar-refractivity contribution is -0.139. The number of H-pyrrole nitrogens is 1. The van der Waals surface area contributed by atoms with Gasteiger partial charge in [-0.25, -0.2) is 4.68 Å². The van der Waals surface area contributed by atoms with E-state index < -0.39 is 17.4 Å². The zero-order valence-corrected chi connectivity index (χ0v) is 27.4. The Morgan fingerprint density at radius 1 is 0.979 bits per heavy atom. The number of aromatic amines is 1. The van der Waals surface area contributed by atoms with Gasteiger partial charge in [0.25, 0.3) is 11.5 Å². The molecule has 3 N–H and O–H groups in total. The molecule has 4 aromatic carbocycles. The largest absolute Gasteiger partial charge is 0.395 e. The number of nitrogens with zero attached hydrogens (tertiary/aromatic N) is 3. The first-order chi connectivity index (χ1) is 22.7. The second kappa shape index (κ2) is 13.5. The summed E-state index contributed by atoms with van der Waals surface area (Å²) in [6.07, 6.45) is 3.43. The summed E-state index contributed by atoms with van der Waals surface area (Å²) in [5, 5.41) is 25.4. The fourth-order valence-corrected chi connectivity index (χ4v) is 6.51. The lowest BCUT2D eigenvalue weighted by atomic mass is 9.83. The normalized spacial score (nSPS) is 16.6. The van der Waals surface area contributed by atoms with E-state index >= 15 is 0 Å². The minimum atomic E-state index is -1.88. The lowest BCUT2D eigenvalue weighted by Crippen LogP contribution is -2.44. The van der Waals surface area contributed by atoms with E-state index in [1.807, 2.05) is 78.9 Å². The zero-order chi connectivity index (χ0) is 33.1. The molecule has 0 spiro atoms. The average Bonchev–Trinajstić information content (AvgIpc) is 3.52. The summed E-state index contributed by atoms with van der Waals surface area (Å²) in [7, 11) is 0. The van der Waals surface area contributed by atoms with Gasteiger partial charge in [0.1, 0.15) is 0 Å². The number of anilines is 1. The molecule has 1 aromatic heterocycles. The van der Waals surface area contributed by atoms with Crippen molar-refractivity contribution in [1.82, 2.24) is 14.7 Å². The molecule has 2 heterocycles. The third-order valence-electron chi connectivity index (χ3n) is 8.65. The lowest BCUT2D eigenvalue weighted by Gasteiger charge is -2.28. The second-order valence-corrected chi connectivity index (χ2v) is 12.6. The molecule has 10 heteroatoms. The van der Waals surface area contributed by atoms with Crippen LogP contribution < -0.4 is 10.5 Å². The van der Waals surface area contributed by atoms with Crippen molar-refractivity contribution < 1.29 is 19.8 Å². The van der Waals surface area contributed by atoms with Gasteiger partial charge in [-0.1, -0.05) is 89.6 Å². The van der Waals surface area contributed by atoms with E-state index in [4.69, 9.17) is 0 Å². The molecule has 0 radical (unpaired) electrons. The molecule has 0 saturated carbocycles. The summed E-state index contributed by atoms with van der Waals surface area (Å²) in [5.74, 6) is -1.32. The summed E-state index contributed by atoms with van der Waals surface area (Å²) in [6.45, 7) is 2.34.